The number of benzene rings is 3. The summed E-state index contributed by atoms with van der Waals surface area (Å²) in [6.07, 6.45) is 3.32. The van der Waals surface area contributed by atoms with Gasteiger partial charge in [0.05, 0.1) is 11.4 Å². The van der Waals surface area contributed by atoms with Crippen LogP contribution in [-0.2, 0) is 0 Å². The molecule has 4 heteroatoms. The Bertz CT molecular complexity index is 1120. The average molecular weight is 396 g/mol. The highest BCUT2D eigenvalue weighted by Crippen LogP contribution is 2.32. The van der Waals surface area contributed by atoms with Crippen LogP contribution >= 0.6 is 0 Å². The molecule has 2 heterocycles. The minimum Gasteiger partial charge on any atom is -0.457 e. The quantitative estimate of drug-likeness (QED) is 0.636. The fourth-order valence-corrected chi connectivity index (χ4v) is 4.10. The number of nitrogens with zero attached hydrogens (tertiary/aromatic N) is 2. The summed E-state index contributed by atoms with van der Waals surface area (Å²) in [7, 11) is 0. The van der Waals surface area contributed by atoms with Crippen LogP contribution in [0.25, 0.3) is 5.70 Å². The number of hydrogen-bond acceptors (Lipinski definition) is 4. The zero-order valence-electron chi connectivity index (χ0n) is 17.3. The number of nitrogens with one attached hydrogen (secondary N) is 1. The second kappa shape index (κ2) is 7.81. The number of rotatable bonds is 4. The van der Waals surface area contributed by atoms with Crippen molar-refractivity contribution in [3.63, 3.8) is 0 Å². The van der Waals surface area contributed by atoms with Gasteiger partial charge in [0.2, 0.25) is 0 Å². The van der Waals surface area contributed by atoms with Gasteiger partial charge in [-0.05, 0) is 61.9 Å². The molecule has 0 saturated carbocycles. The van der Waals surface area contributed by atoms with Gasteiger partial charge in [-0.3, -0.25) is 10.0 Å². The molecule has 1 N–H and O–H groups in total. The Kier molecular flexibility index (Phi) is 4.85. The van der Waals surface area contributed by atoms with Crippen LogP contribution in [0.15, 0.2) is 83.9 Å². The molecule has 0 aliphatic carbocycles. The molecular formula is C26H25N3O. The minimum atomic E-state index is 0.126. The van der Waals surface area contributed by atoms with E-state index in [0.717, 1.165) is 35.7 Å². The highest BCUT2D eigenvalue weighted by molar-refractivity contribution is 6.13. The molecule has 0 aromatic heterocycles. The third kappa shape index (κ3) is 3.62. The molecule has 30 heavy (non-hydrogen) atoms. The fraction of sp³-hybridized carbons (Fsp3) is 0.192. The molecule has 2 aliphatic rings. The third-order valence-electron chi connectivity index (χ3n) is 5.59. The van der Waals surface area contributed by atoms with E-state index in [0.29, 0.717) is 0 Å². The van der Waals surface area contributed by atoms with Gasteiger partial charge in [0, 0.05) is 24.1 Å². The van der Waals surface area contributed by atoms with E-state index in [2.05, 4.69) is 60.7 Å². The van der Waals surface area contributed by atoms with E-state index >= 15 is 0 Å². The maximum atomic E-state index is 5.93. The number of aryl methyl sites for hydroxylation is 2. The van der Waals surface area contributed by atoms with Gasteiger partial charge in [-0.15, -0.1) is 0 Å². The molecule has 5 rings (SSSR count). The Morgan fingerprint density at radius 2 is 1.70 bits per heavy atom. The van der Waals surface area contributed by atoms with Gasteiger partial charge in [-0.25, -0.2) is 5.43 Å². The third-order valence-corrected chi connectivity index (χ3v) is 5.59. The lowest BCUT2D eigenvalue weighted by atomic mass is 9.98. The maximum absolute atomic E-state index is 5.93. The van der Waals surface area contributed by atoms with Crippen LogP contribution in [0.3, 0.4) is 0 Å². The lowest BCUT2D eigenvalue weighted by Crippen LogP contribution is -2.38. The number of hydrogen-bond donors (Lipinski definition) is 1. The van der Waals surface area contributed by atoms with Gasteiger partial charge in [-0.1, -0.05) is 42.0 Å². The number of ether oxygens (including phenoxy) is 1. The molecule has 3 aromatic rings. The Labute approximate surface area is 177 Å². The highest BCUT2D eigenvalue weighted by Gasteiger charge is 2.31. The normalized spacial score (nSPS) is 17.9. The predicted octanol–water partition coefficient (Wildman–Crippen LogP) is 5.48. The van der Waals surface area contributed by atoms with Gasteiger partial charge in [0.25, 0.3) is 0 Å². The van der Waals surface area contributed by atoms with Crippen LogP contribution in [0, 0.1) is 13.8 Å². The Morgan fingerprint density at radius 3 is 2.47 bits per heavy atom. The van der Waals surface area contributed by atoms with E-state index in [1.165, 1.54) is 22.4 Å². The summed E-state index contributed by atoms with van der Waals surface area (Å²) in [6.45, 7) is 5.25. The second-order valence-corrected chi connectivity index (χ2v) is 7.85. The summed E-state index contributed by atoms with van der Waals surface area (Å²) in [5.41, 5.74) is 10.6. The molecule has 0 spiro atoms. The summed E-state index contributed by atoms with van der Waals surface area (Å²) in [6, 6.07) is 24.7. The molecule has 1 atom stereocenters. The van der Waals surface area contributed by atoms with Crippen LogP contribution < -0.4 is 10.2 Å². The SMILES string of the molecule is Cc1ccc(C2=CC(c3ccc(Oc4ccccc4)cc3)=NC3CCNN23)c(C)c1. The molecule has 2 aliphatic heterocycles. The molecule has 0 bridgehead atoms. The van der Waals surface area contributed by atoms with Crippen molar-refractivity contribution in [3.05, 3.63) is 101 Å². The molecule has 1 fully saturated rings. The number of aliphatic imine (C=N–C) groups is 1. The Morgan fingerprint density at radius 1 is 0.933 bits per heavy atom. The van der Waals surface area contributed by atoms with E-state index in [9.17, 15) is 0 Å². The molecule has 1 unspecified atom stereocenters. The minimum absolute atomic E-state index is 0.126. The van der Waals surface area contributed by atoms with Crippen molar-refractivity contribution in [1.82, 2.24) is 10.4 Å². The lowest BCUT2D eigenvalue weighted by Gasteiger charge is -2.31. The van der Waals surface area contributed by atoms with Gasteiger partial charge in [0.15, 0.2) is 0 Å². The molecule has 0 amide bonds. The number of para-hydroxylation sites is 1. The number of hydrazine groups is 1. The number of fused-ring (bicyclic) bond motifs is 1. The van der Waals surface area contributed by atoms with Crippen molar-refractivity contribution in [2.45, 2.75) is 26.4 Å². The summed E-state index contributed by atoms with van der Waals surface area (Å²) < 4.78 is 5.93. The first-order chi connectivity index (χ1) is 14.7. The summed E-state index contributed by atoms with van der Waals surface area (Å²) in [4.78, 5) is 5.01. The van der Waals surface area contributed by atoms with Crippen molar-refractivity contribution in [2.75, 3.05) is 6.54 Å². The molecular weight excluding hydrogens is 370 g/mol. The standard InChI is InChI=1S/C26H25N3O/c1-18-8-13-23(19(2)16-18)25-17-24(28-26-14-15-27-29(25)26)20-9-11-22(12-10-20)30-21-6-4-3-5-7-21/h3-13,16-17,26-27H,14-15H2,1-2H3. The summed E-state index contributed by atoms with van der Waals surface area (Å²) >= 11 is 0. The highest BCUT2D eigenvalue weighted by atomic mass is 16.5. The van der Waals surface area contributed by atoms with Crippen LogP contribution in [-0.4, -0.2) is 23.4 Å². The number of allylic oxidation sites excluding steroid dienone is 1. The van der Waals surface area contributed by atoms with Gasteiger partial charge >= 0.3 is 0 Å². The van der Waals surface area contributed by atoms with Crippen LogP contribution in [0.1, 0.15) is 28.7 Å². The van der Waals surface area contributed by atoms with E-state index in [4.69, 9.17) is 9.73 Å². The predicted molar refractivity (Wildman–Crippen MR) is 122 cm³/mol. The van der Waals surface area contributed by atoms with Crippen molar-refractivity contribution in [3.8, 4) is 11.5 Å². The zero-order valence-corrected chi connectivity index (χ0v) is 17.3. The average Bonchev–Trinajstić information content (AvgIpc) is 3.23. The van der Waals surface area contributed by atoms with E-state index in [1.807, 2.05) is 42.5 Å². The fourth-order valence-electron chi connectivity index (χ4n) is 4.10. The first-order valence-corrected chi connectivity index (χ1v) is 10.4. The summed E-state index contributed by atoms with van der Waals surface area (Å²) in [5.74, 6) is 1.66. The van der Waals surface area contributed by atoms with Crippen molar-refractivity contribution < 1.29 is 4.74 Å². The molecule has 0 radical (unpaired) electrons. The first-order valence-electron chi connectivity index (χ1n) is 10.4. The Hall–Kier alpha value is -3.37. The van der Waals surface area contributed by atoms with Crippen molar-refractivity contribution >= 4 is 11.4 Å². The summed E-state index contributed by atoms with van der Waals surface area (Å²) in [5, 5.41) is 2.22. The molecule has 3 aromatic carbocycles. The van der Waals surface area contributed by atoms with Gasteiger partial charge < -0.3 is 4.74 Å². The van der Waals surface area contributed by atoms with Crippen LogP contribution in [0.4, 0.5) is 0 Å². The van der Waals surface area contributed by atoms with Crippen molar-refractivity contribution in [1.29, 1.82) is 0 Å². The first kappa shape index (κ1) is 18.6. The lowest BCUT2D eigenvalue weighted by molar-refractivity contribution is 0.298. The largest absolute Gasteiger partial charge is 0.457 e. The second-order valence-electron chi connectivity index (χ2n) is 7.85. The van der Waals surface area contributed by atoms with E-state index < -0.39 is 0 Å². The van der Waals surface area contributed by atoms with Gasteiger partial charge in [0.1, 0.15) is 17.7 Å². The molecule has 1 saturated heterocycles. The van der Waals surface area contributed by atoms with Crippen LogP contribution in [0.2, 0.25) is 0 Å². The van der Waals surface area contributed by atoms with Crippen LogP contribution in [0.5, 0.6) is 11.5 Å². The molecule has 150 valence electrons. The smallest absolute Gasteiger partial charge is 0.137 e. The monoisotopic (exact) mass is 395 g/mol. The Balaban J connectivity index is 1.46. The van der Waals surface area contributed by atoms with Gasteiger partial charge in [-0.2, -0.15) is 0 Å². The maximum Gasteiger partial charge on any atom is 0.137 e. The zero-order chi connectivity index (χ0) is 20.5. The molecule has 4 nitrogen and oxygen atoms in total. The van der Waals surface area contributed by atoms with E-state index in [-0.39, 0.29) is 6.17 Å². The van der Waals surface area contributed by atoms with Crippen molar-refractivity contribution in [2.24, 2.45) is 4.99 Å². The topological polar surface area (TPSA) is 36.9 Å². The van der Waals surface area contributed by atoms with E-state index in [1.54, 1.807) is 0 Å².